The first kappa shape index (κ1) is 18.3. The zero-order valence-electron chi connectivity index (χ0n) is 11.7. The van der Waals surface area contributed by atoms with E-state index in [-0.39, 0.29) is 34.9 Å². The molecular formula is C11H16ClN5O4S. The third kappa shape index (κ3) is 3.53. The molecule has 0 fully saturated rings. The number of nitrogens with two attached hydrogens (primary N) is 1. The van der Waals surface area contributed by atoms with E-state index in [0.717, 1.165) is 10.8 Å². The molecule has 2 aromatic rings. The summed E-state index contributed by atoms with van der Waals surface area (Å²) in [6.07, 6.45) is 1.60. The van der Waals surface area contributed by atoms with Gasteiger partial charge >= 0.3 is 5.69 Å². The smallest absolute Gasteiger partial charge is 0.329 e. The highest BCUT2D eigenvalue weighted by Gasteiger charge is 2.16. The molecule has 0 aliphatic carbocycles. The normalized spacial score (nSPS) is 11.4. The Balaban J connectivity index is 0.00000242. The van der Waals surface area contributed by atoms with Gasteiger partial charge in [-0.3, -0.25) is 14.3 Å². The highest BCUT2D eigenvalue weighted by molar-refractivity contribution is 7.89. The second-order valence-electron chi connectivity index (χ2n) is 4.40. The van der Waals surface area contributed by atoms with E-state index in [1.807, 2.05) is 0 Å². The Morgan fingerprint density at radius 3 is 2.73 bits per heavy atom. The minimum absolute atomic E-state index is 0. The fraction of sp³-hybridized carbons (Fsp3) is 0.364. The van der Waals surface area contributed by atoms with Gasteiger partial charge in [0.2, 0.25) is 10.0 Å². The standard InChI is InChI=1S/C11H15N5O4S.ClH/c1-16-9-8(10(17)15-11(16)18)5-7(6-13-9)21(19,20)14-4-2-3-12;/h5-6,14H,2-4,12H2,1H3,(H,15,17,18);1H. The van der Waals surface area contributed by atoms with Crippen molar-refractivity contribution in [1.82, 2.24) is 19.3 Å². The Morgan fingerprint density at radius 1 is 1.41 bits per heavy atom. The Labute approximate surface area is 132 Å². The van der Waals surface area contributed by atoms with Crippen molar-refractivity contribution in [3.05, 3.63) is 33.1 Å². The third-order valence-corrected chi connectivity index (χ3v) is 4.34. The topological polar surface area (TPSA) is 140 Å². The highest BCUT2D eigenvalue weighted by atomic mass is 35.5. The number of hydrogen-bond acceptors (Lipinski definition) is 6. The molecule has 0 amide bonds. The quantitative estimate of drug-likeness (QED) is 0.571. The molecule has 0 saturated heterocycles. The van der Waals surface area contributed by atoms with Gasteiger partial charge in [0, 0.05) is 19.8 Å². The van der Waals surface area contributed by atoms with Crippen molar-refractivity contribution in [3.63, 3.8) is 0 Å². The molecule has 0 bridgehead atoms. The van der Waals surface area contributed by atoms with E-state index in [4.69, 9.17) is 5.73 Å². The van der Waals surface area contributed by atoms with Crippen molar-refractivity contribution >= 4 is 33.5 Å². The number of rotatable bonds is 5. The number of aromatic nitrogens is 3. The van der Waals surface area contributed by atoms with Crippen molar-refractivity contribution < 1.29 is 8.42 Å². The van der Waals surface area contributed by atoms with Gasteiger partial charge < -0.3 is 5.73 Å². The molecule has 0 saturated carbocycles. The highest BCUT2D eigenvalue weighted by Crippen LogP contribution is 2.12. The van der Waals surface area contributed by atoms with Gasteiger partial charge in [0.15, 0.2) is 0 Å². The van der Waals surface area contributed by atoms with Crippen LogP contribution in [0.15, 0.2) is 26.7 Å². The third-order valence-electron chi connectivity index (χ3n) is 2.91. The van der Waals surface area contributed by atoms with Gasteiger partial charge in [-0.25, -0.2) is 22.9 Å². The monoisotopic (exact) mass is 349 g/mol. The van der Waals surface area contributed by atoms with E-state index in [1.165, 1.54) is 13.1 Å². The van der Waals surface area contributed by atoms with Crippen molar-refractivity contribution in [3.8, 4) is 0 Å². The van der Waals surface area contributed by atoms with Crippen LogP contribution in [0.5, 0.6) is 0 Å². The molecule has 4 N–H and O–H groups in total. The summed E-state index contributed by atoms with van der Waals surface area (Å²) in [5, 5.41) is 0.0267. The van der Waals surface area contributed by atoms with Gasteiger partial charge in [-0.1, -0.05) is 0 Å². The fourth-order valence-electron chi connectivity index (χ4n) is 1.76. The summed E-state index contributed by atoms with van der Waals surface area (Å²) in [5.41, 5.74) is 4.12. The number of H-pyrrole nitrogens is 1. The molecule has 122 valence electrons. The van der Waals surface area contributed by atoms with E-state index >= 15 is 0 Å². The van der Waals surface area contributed by atoms with Crippen LogP contribution in [0.3, 0.4) is 0 Å². The largest absolute Gasteiger partial charge is 0.330 e. The zero-order chi connectivity index (χ0) is 15.6. The minimum atomic E-state index is -3.77. The van der Waals surface area contributed by atoms with Crippen molar-refractivity contribution in [1.29, 1.82) is 0 Å². The molecule has 0 radical (unpaired) electrons. The minimum Gasteiger partial charge on any atom is -0.330 e. The summed E-state index contributed by atoms with van der Waals surface area (Å²) in [7, 11) is -2.34. The summed E-state index contributed by atoms with van der Waals surface area (Å²) in [4.78, 5) is 29.0. The number of pyridine rings is 1. The van der Waals surface area contributed by atoms with E-state index in [9.17, 15) is 18.0 Å². The van der Waals surface area contributed by atoms with Crippen LogP contribution in [0, 0.1) is 0 Å². The maximum atomic E-state index is 12.0. The van der Waals surface area contributed by atoms with E-state index in [0.29, 0.717) is 13.0 Å². The second-order valence-corrected chi connectivity index (χ2v) is 6.17. The van der Waals surface area contributed by atoms with Crippen molar-refractivity contribution in [2.75, 3.05) is 13.1 Å². The number of halogens is 1. The lowest BCUT2D eigenvalue weighted by molar-refractivity contribution is 0.579. The molecule has 2 heterocycles. The molecule has 11 heteroatoms. The molecule has 22 heavy (non-hydrogen) atoms. The average Bonchev–Trinajstić information content (AvgIpc) is 2.44. The molecule has 0 aromatic carbocycles. The molecule has 0 aliphatic heterocycles. The van der Waals surface area contributed by atoms with E-state index < -0.39 is 21.3 Å². The summed E-state index contributed by atoms with van der Waals surface area (Å²) in [5.74, 6) is 0. The number of nitrogens with zero attached hydrogens (tertiary/aromatic N) is 2. The number of aromatic amines is 1. The summed E-state index contributed by atoms with van der Waals surface area (Å²) in [6, 6.07) is 1.19. The van der Waals surface area contributed by atoms with Gasteiger partial charge in [-0.05, 0) is 19.0 Å². The van der Waals surface area contributed by atoms with Gasteiger partial charge in [0.1, 0.15) is 10.5 Å². The molecule has 9 nitrogen and oxygen atoms in total. The van der Waals surface area contributed by atoms with Crippen LogP contribution in [0.25, 0.3) is 11.0 Å². The fourth-order valence-corrected chi connectivity index (χ4v) is 2.80. The predicted octanol–water partition coefficient (Wildman–Crippen LogP) is -1.33. The predicted molar refractivity (Wildman–Crippen MR) is 83.7 cm³/mol. The Hall–Kier alpha value is -1.75. The molecule has 0 spiro atoms. The average molecular weight is 350 g/mol. The van der Waals surface area contributed by atoms with Crippen LogP contribution in [0.1, 0.15) is 6.42 Å². The summed E-state index contributed by atoms with van der Waals surface area (Å²) in [6.45, 7) is 0.556. The molecule has 0 aliphatic rings. The molecule has 0 unspecified atom stereocenters. The number of hydrogen-bond donors (Lipinski definition) is 3. The molecular weight excluding hydrogens is 334 g/mol. The van der Waals surface area contributed by atoms with Crippen LogP contribution >= 0.6 is 12.4 Å². The first-order valence-electron chi connectivity index (χ1n) is 6.15. The SMILES string of the molecule is Cl.Cn1c(=O)[nH]c(=O)c2cc(S(=O)(=O)NCCCN)cnc21. The summed E-state index contributed by atoms with van der Waals surface area (Å²) < 4.78 is 27.6. The molecule has 2 rings (SSSR count). The Kier molecular flexibility index (Phi) is 5.83. The Morgan fingerprint density at radius 2 is 2.09 bits per heavy atom. The lowest BCUT2D eigenvalue weighted by Crippen LogP contribution is -2.30. The van der Waals surface area contributed by atoms with Gasteiger partial charge in [0.05, 0.1) is 5.39 Å². The van der Waals surface area contributed by atoms with Crippen LogP contribution < -0.4 is 21.7 Å². The van der Waals surface area contributed by atoms with Gasteiger partial charge in [0.25, 0.3) is 5.56 Å². The maximum absolute atomic E-state index is 12.0. The maximum Gasteiger partial charge on any atom is 0.329 e. The number of aryl methyl sites for hydroxylation is 1. The van der Waals surface area contributed by atoms with Crippen LogP contribution in [0.4, 0.5) is 0 Å². The van der Waals surface area contributed by atoms with Crippen LogP contribution in [-0.2, 0) is 17.1 Å². The van der Waals surface area contributed by atoms with Gasteiger partial charge in [-0.2, -0.15) is 0 Å². The summed E-state index contributed by atoms with van der Waals surface area (Å²) >= 11 is 0. The molecule has 0 atom stereocenters. The lowest BCUT2D eigenvalue weighted by Gasteiger charge is -2.07. The van der Waals surface area contributed by atoms with Gasteiger partial charge in [-0.15, -0.1) is 12.4 Å². The molecule has 2 aromatic heterocycles. The first-order chi connectivity index (χ1) is 9.86. The lowest BCUT2D eigenvalue weighted by atomic mass is 10.3. The number of sulfonamides is 1. The number of fused-ring (bicyclic) bond motifs is 1. The zero-order valence-corrected chi connectivity index (χ0v) is 13.3. The van der Waals surface area contributed by atoms with E-state index in [1.54, 1.807) is 0 Å². The second kappa shape index (κ2) is 7.01. The van der Waals surface area contributed by atoms with Crippen molar-refractivity contribution in [2.45, 2.75) is 11.3 Å². The Bertz CT molecular complexity index is 889. The van der Waals surface area contributed by atoms with Crippen LogP contribution in [-0.4, -0.2) is 36.0 Å². The van der Waals surface area contributed by atoms with Crippen molar-refractivity contribution in [2.24, 2.45) is 12.8 Å². The van der Waals surface area contributed by atoms with Crippen LogP contribution in [0.2, 0.25) is 0 Å². The van der Waals surface area contributed by atoms with E-state index in [2.05, 4.69) is 14.7 Å². The number of nitrogens with one attached hydrogen (secondary N) is 2. The first-order valence-corrected chi connectivity index (χ1v) is 7.64.